The summed E-state index contributed by atoms with van der Waals surface area (Å²) in [7, 11) is 0. The smallest absolute Gasteiger partial charge is 0.226 e. The van der Waals surface area contributed by atoms with E-state index in [2.05, 4.69) is 24.9 Å². The third-order valence-corrected chi connectivity index (χ3v) is 4.53. The summed E-state index contributed by atoms with van der Waals surface area (Å²) in [6, 6.07) is 19.6. The van der Waals surface area contributed by atoms with Crippen LogP contribution in [0.25, 0.3) is 44.6 Å². The second-order valence-electron chi connectivity index (χ2n) is 6.04. The lowest BCUT2D eigenvalue weighted by atomic mass is 10.1. The van der Waals surface area contributed by atoms with Gasteiger partial charge < -0.3 is 0 Å². The zero-order chi connectivity index (χ0) is 18.2. The van der Waals surface area contributed by atoms with E-state index in [1.807, 2.05) is 60.7 Å². The van der Waals surface area contributed by atoms with Crippen molar-refractivity contribution in [2.75, 3.05) is 0 Å². The molecule has 0 saturated heterocycles. The highest BCUT2D eigenvalue weighted by atomic mass is 35.5. The Balaban J connectivity index is 1.70. The Morgan fingerprint density at radius 2 is 1.48 bits per heavy atom. The van der Waals surface area contributed by atoms with Gasteiger partial charge in [-0.1, -0.05) is 36.4 Å². The molecule has 0 N–H and O–H groups in total. The van der Waals surface area contributed by atoms with Gasteiger partial charge >= 0.3 is 0 Å². The van der Waals surface area contributed by atoms with Crippen LogP contribution in [-0.4, -0.2) is 24.9 Å². The van der Waals surface area contributed by atoms with Gasteiger partial charge in [0.15, 0.2) is 11.6 Å². The molecule has 5 nitrogen and oxygen atoms in total. The molecule has 0 unspecified atom stereocenters. The first-order valence-electron chi connectivity index (χ1n) is 8.39. The van der Waals surface area contributed by atoms with E-state index < -0.39 is 0 Å². The number of hydrogen-bond acceptors (Lipinski definition) is 5. The summed E-state index contributed by atoms with van der Waals surface area (Å²) in [5.41, 5.74) is 3.46. The number of aromatic nitrogens is 5. The number of pyridine rings is 2. The highest BCUT2D eigenvalue weighted by Crippen LogP contribution is 2.28. The van der Waals surface area contributed by atoms with Crippen molar-refractivity contribution in [2.45, 2.75) is 0 Å². The highest BCUT2D eigenvalue weighted by molar-refractivity contribution is 6.28. The van der Waals surface area contributed by atoms with Crippen LogP contribution in [0, 0.1) is 0 Å². The topological polar surface area (TPSA) is 64.5 Å². The Morgan fingerprint density at radius 1 is 0.667 bits per heavy atom. The van der Waals surface area contributed by atoms with Crippen molar-refractivity contribution in [3.8, 4) is 22.8 Å². The standard InChI is InChI=1S/C21H12ClN5/c22-21-26-19(14-9-8-13-4-2-10-24-18(13)12-14)25-20(27-21)16-5-1-7-17-15(16)6-3-11-23-17/h1-12H. The molecule has 3 aromatic heterocycles. The van der Waals surface area contributed by atoms with Gasteiger partial charge in [-0.15, -0.1) is 0 Å². The average Bonchev–Trinajstić information content (AvgIpc) is 2.72. The molecule has 0 aliphatic rings. The van der Waals surface area contributed by atoms with Gasteiger partial charge in [0.2, 0.25) is 5.28 Å². The van der Waals surface area contributed by atoms with Gasteiger partial charge in [0, 0.05) is 34.3 Å². The fraction of sp³-hybridized carbons (Fsp3) is 0. The quantitative estimate of drug-likeness (QED) is 0.440. The Kier molecular flexibility index (Phi) is 3.73. The van der Waals surface area contributed by atoms with Gasteiger partial charge in [0.1, 0.15) is 0 Å². The van der Waals surface area contributed by atoms with Crippen molar-refractivity contribution >= 4 is 33.4 Å². The zero-order valence-corrected chi connectivity index (χ0v) is 14.8. The van der Waals surface area contributed by atoms with Crippen molar-refractivity contribution in [3.63, 3.8) is 0 Å². The summed E-state index contributed by atoms with van der Waals surface area (Å²) in [5, 5.41) is 2.17. The average molecular weight is 370 g/mol. The van der Waals surface area contributed by atoms with Crippen molar-refractivity contribution in [2.24, 2.45) is 0 Å². The Labute approximate surface area is 159 Å². The number of halogens is 1. The summed E-state index contributed by atoms with van der Waals surface area (Å²) in [5.74, 6) is 1.03. The van der Waals surface area contributed by atoms with E-state index >= 15 is 0 Å². The van der Waals surface area contributed by atoms with Crippen molar-refractivity contribution < 1.29 is 0 Å². The maximum absolute atomic E-state index is 6.23. The number of rotatable bonds is 2. The minimum atomic E-state index is 0.150. The third kappa shape index (κ3) is 2.88. The number of nitrogens with zero attached hydrogens (tertiary/aromatic N) is 5. The molecule has 0 saturated carbocycles. The molecule has 6 heteroatoms. The van der Waals surface area contributed by atoms with Crippen LogP contribution in [0.15, 0.2) is 73.1 Å². The first-order chi connectivity index (χ1) is 13.3. The maximum Gasteiger partial charge on any atom is 0.226 e. The molecular weight excluding hydrogens is 358 g/mol. The summed E-state index contributed by atoms with van der Waals surface area (Å²) >= 11 is 6.23. The van der Waals surface area contributed by atoms with Crippen LogP contribution in [0.4, 0.5) is 0 Å². The van der Waals surface area contributed by atoms with Crippen molar-refractivity contribution in [1.82, 2.24) is 24.9 Å². The van der Waals surface area contributed by atoms with Gasteiger partial charge in [-0.25, -0.2) is 4.98 Å². The van der Waals surface area contributed by atoms with Crippen molar-refractivity contribution in [1.29, 1.82) is 0 Å². The van der Waals surface area contributed by atoms with Crippen LogP contribution in [0.1, 0.15) is 0 Å². The Hall–Kier alpha value is -3.44. The third-order valence-electron chi connectivity index (χ3n) is 4.36. The van der Waals surface area contributed by atoms with E-state index in [-0.39, 0.29) is 5.28 Å². The molecule has 0 amide bonds. The van der Waals surface area contributed by atoms with Gasteiger partial charge in [-0.3, -0.25) is 9.97 Å². The van der Waals surface area contributed by atoms with Crippen molar-refractivity contribution in [3.05, 3.63) is 78.3 Å². The monoisotopic (exact) mass is 369 g/mol. The lowest BCUT2D eigenvalue weighted by Gasteiger charge is -2.08. The Bertz CT molecular complexity index is 1300. The van der Waals surface area contributed by atoms with E-state index in [9.17, 15) is 0 Å². The van der Waals surface area contributed by atoms with Gasteiger partial charge in [0.25, 0.3) is 0 Å². The second kappa shape index (κ2) is 6.37. The summed E-state index contributed by atoms with van der Waals surface area (Å²) in [4.78, 5) is 22.1. The first kappa shape index (κ1) is 15.8. The Morgan fingerprint density at radius 3 is 2.41 bits per heavy atom. The fourth-order valence-electron chi connectivity index (χ4n) is 3.10. The molecule has 2 aromatic carbocycles. The number of benzene rings is 2. The first-order valence-corrected chi connectivity index (χ1v) is 8.76. The van der Waals surface area contributed by atoms with Crippen LogP contribution in [0.3, 0.4) is 0 Å². The summed E-state index contributed by atoms with van der Waals surface area (Å²) < 4.78 is 0. The van der Waals surface area contributed by atoms with Crippen LogP contribution in [0.2, 0.25) is 5.28 Å². The molecule has 0 bridgehead atoms. The second-order valence-corrected chi connectivity index (χ2v) is 6.38. The summed E-state index contributed by atoms with van der Waals surface area (Å²) in [6.45, 7) is 0. The molecule has 3 heterocycles. The van der Waals surface area contributed by atoms with E-state index in [0.717, 1.165) is 32.9 Å². The number of hydrogen-bond donors (Lipinski definition) is 0. The summed E-state index contributed by atoms with van der Waals surface area (Å²) in [6.07, 6.45) is 3.53. The molecule has 27 heavy (non-hydrogen) atoms. The van der Waals surface area contributed by atoms with E-state index in [4.69, 9.17) is 11.6 Å². The van der Waals surface area contributed by atoms with Crippen LogP contribution in [0.5, 0.6) is 0 Å². The number of fused-ring (bicyclic) bond motifs is 2. The van der Waals surface area contributed by atoms with E-state index in [0.29, 0.717) is 11.6 Å². The lowest BCUT2D eigenvalue weighted by molar-refractivity contribution is 1.07. The molecule has 0 aliphatic heterocycles. The molecule has 0 radical (unpaired) electrons. The van der Waals surface area contributed by atoms with Gasteiger partial charge in [-0.05, 0) is 35.9 Å². The normalized spacial score (nSPS) is 11.1. The van der Waals surface area contributed by atoms with Crippen LogP contribution in [-0.2, 0) is 0 Å². The molecule has 0 atom stereocenters. The lowest BCUT2D eigenvalue weighted by Crippen LogP contribution is -1.98. The van der Waals surface area contributed by atoms with Gasteiger partial charge in [0.05, 0.1) is 11.0 Å². The highest BCUT2D eigenvalue weighted by Gasteiger charge is 2.12. The molecule has 0 fully saturated rings. The minimum absolute atomic E-state index is 0.150. The van der Waals surface area contributed by atoms with Crippen LogP contribution < -0.4 is 0 Å². The zero-order valence-electron chi connectivity index (χ0n) is 14.0. The van der Waals surface area contributed by atoms with E-state index in [1.54, 1.807) is 12.4 Å². The van der Waals surface area contributed by atoms with Crippen LogP contribution >= 0.6 is 11.6 Å². The fourth-order valence-corrected chi connectivity index (χ4v) is 3.26. The molecular formula is C21H12ClN5. The largest absolute Gasteiger partial charge is 0.256 e. The minimum Gasteiger partial charge on any atom is -0.256 e. The maximum atomic E-state index is 6.23. The predicted octanol–water partition coefficient (Wildman–Crippen LogP) is 4.96. The predicted molar refractivity (Wildman–Crippen MR) is 106 cm³/mol. The molecule has 0 aliphatic carbocycles. The molecule has 5 aromatic rings. The molecule has 128 valence electrons. The molecule has 5 rings (SSSR count). The molecule has 0 spiro atoms. The van der Waals surface area contributed by atoms with E-state index in [1.165, 1.54) is 0 Å². The van der Waals surface area contributed by atoms with Gasteiger partial charge in [-0.2, -0.15) is 9.97 Å². The SMILES string of the molecule is Clc1nc(-c2ccc3cccnc3c2)nc(-c2cccc3ncccc23)n1.